The van der Waals surface area contributed by atoms with E-state index in [1.165, 1.54) is 23.2 Å². The Morgan fingerprint density at radius 2 is 2.08 bits per heavy atom. The third-order valence-corrected chi connectivity index (χ3v) is 7.03. The molecular weight excluding hydrogens is 527 g/mol. The molecule has 3 N–H and O–H groups in total. The Morgan fingerprint density at radius 1 is 1.28 bits per heavy atom. The van der Waals surface area contributed by atoms with E-state index in [0.29, 0.717) is 36.1 Å². The lowest BCUT2D eigenvalue weighted by atomic mass is 10.0. The first kappa shape index (κ1) is 26.9. The maximum absolute atomic E-state index is 15.2. The number of nitrogens with zero attached hydrogens (tertiary/aromatic N) is 4. The lowest BCUT2D eigenvalue weighted by molar-refractivity contribution is -0.122. The number of hydrogen-bond acceptors (Lipinski definition) is 8. The van der Waals surface area contributed by atoms with Gasteiger partial charge in [-0.1, -0.05) is 17.7 Å². The molecule has 1 saturated heterocycles. The van der Waals surface area contributed by atoms with Crippen LogP contribution in [0.3, 0.4) is 0 Å². The van der Waals surface area contributed by atoms with Gasteiger partial charge in [0.15, 0.2) is 0 Å². The zero-order valence-corrected chi connectivity index (χ0v) is 22.0. The smallest absolute Gasteiger partial charge is 0.255 e. The van der Waals surface area contributed by atoms with Crippen LogP contribution in [0.15, 0.2) is 36.5 Å². The molecule has 1 fully saturated rings. The van der Waals surface area contributed by atoms with Gasteiger partial charge in [0.25, 0.3) is 5.91 Å². The third-order valence-electron chi connectivity index (χ3n) is 6.75. The van der Waals surface area contributed by atoms with E-state index >= 15 is 4.39 Å². The number of carbonyl (C=O) groups excluding carboxylic acids is 2. The number of aliphatic hydroxyl groups is 1. The zero-order valence-electron chi connectivity index (χ0n) is 21.3. The molecule has 4 heterocycles. The summed E-state index contributed by atoms with van der Waals surface area (Å²) in [6, 6.07) is 7.53. The van der Waals surface area contributed by atoms with Crippen molar-refractivity contribution < 1.29 is 23.8 Å². The molecule has 2 aliphatic heterocycles. The number of amides is 2. The summed E-state index contributed by atoms with van der Waals surface area (Å²) in [5.41, 5.74) is 2.21. The highest BCUT2D eigenvalue weighted by Crippen LogP contribution is 2.33. The van der Waals surface area contributed by atoms with Crippen molar-refractivity contribution >= 4 is 29.4 Å². The van der Waals surface area contributed by atoms with Crippen LogP contribution >= 0.6 is 11.6 Å². The van der Waals surface area contributed by atoms with Gasteiger partial charge in [0.2, 0.25) is 11.9 Å². The number of aromatic nitrogens is 3. The molecule has 0 aliphatic carbocycles. The fourth-order valence-corrected chi connectivity index (χ4v) is 4.93. The van der Waals surface area contributed by atoms with E-state index < -0.39 is 23.7 Å². The lowest BCUT2D eigenvalue weighted by Gasteiger charge is -2.23. The Kier molecular flexibility index (Phi) is 8.01. The number of nitrogens with one attached hydrogen (secondary N) is 2. The van der Waals surface area contributed by atoms with Crippen LogP contribution in [-0.2, 0) is 16.1 Å². The average Bonchev–Trinajstić information content (AvgIpc) is 3.24. The molecule has 2 aromatic heterocycles. The number of aliphatic hydroxyl groups excluding tert-OH is 1. The number of pyridine rings is 1. The monoisotopic (exact) mass is 554 g/mol. The molecule has 3 aromatic rings. The second-order valence-corrected chi connectivity index (χ2v) is 9.98. The van der Waals surface area contributed by atoms with Gasteiger partial charge in [0.1, 0.15) is 12.4 Å². The van der Waals surface area contributed by atoms with Gasteiger partial charge >= 0.3 is 0 Å². The van der Waals surface area contributed by atoms with E-state index in [1.807, 2.05) is 0 Å². The van der Waals surface area contributed by atoms with Gasteiger partial charge in [0, 0.05) is 41.6 Å². The van der Waals surface area contributed by atoms with Crippen molar-refractivity contribution in [3.05, 3.63) is 69.9 Å². The molecule has 1 unspecified atom stereocenters. The van der Waals surface area contributed by atoms with Gasteiger partial charge in [-0.3, -0.25) is 14.6 Å². The van der Waals surface area contributed by atoms with Gasteiger partial charge < -0.3 is 25.4 Å². The van der Waals surface area contributed by atoms with Crippen LogP contribution in [0.25, 0.3) is 11.3 Å². The predicted octanol–water partition coefficient (Wildman–Crippen LogP) is 3.04. The van der Waals surface area contributed by atoms with E-state index in [1.54, 1.807) is 25.1 Å². The minimum atomic E-state index is -0.732. The summed E-state index contributed by atoms with van der Waals surface area (Å²) >= 11 is 6.36. The largest absolute Gasteiger partial charge is 0.394 e. The van der Waals surface area contributed by atoms with E-state index in [9.17, 15) is 14.7 Å². The molecule has 0 spiro atoms. The van der Waals surface area contributed by atoms with Crippen LogP contribution in [0.4, 0.5) is 10.3 Å². The SMILES string of the molecule is Cc1cccc(C(CO)NC(=O)CN2Cc3c(F)cc(-c4nc(NC5CCOCC5)ncc4Cl)cc3C2=O)n1. The van der Waals surface area contributed by atoms with E-state index in [2.05, 4.69) is 25.6 Å². The number of rotatable bonds is 8. The summed E-state index contributed by atoms with van der Waals surface area (Å²) in [6.45, 7) is 2.37. The van der Waals surface area contributed by atoms with Crippen molar-refractivity contribution in [3.8, 4) is 11.3 Å². The molecule has 0 radical (unpaired) electrons. The zero-order chi connectivity index (χ0) is 27.5. The fourth-order valence-electron chi connectivity index (χ4n) is 4.73. The number of halogens is 2. The lowest BCUT2D eigenvalue weighted by Crippen LogP contribution is -2.40. The number of benzene rings is 1. The van der Waals surface area contributed by atoms with E-state index in [0.717, 1.165) is 18.5 Å². The van der Waals surface area contributed by atoms with Crippen LogP contribution in [0.5, 0.6) is 0 Å². The van der Waals surface area contributed by atoms with Gasteiger partial charge in [-0.05, 0) is 44.0 Å². The number of hydrogen-bond donors (Lipinski definition) is 3. The first-order valence-corrected chi connectivity index (χ1v) is 13.0. The number of fused-ring (bicyclic) bond motifs is 1. The standard InChI is InChI=1S/C27H28ClFN6O4/c1-15-3-2-4-22(31-15)23(14-36)33-24(37)13-35-12-19-18(26(35)38)9-16(10-21(19)29)25-20(28)11-30-27(34-25)32-17-5-7-39-8-6-17/h2-4,9-11,17,23,36H,5-8,12-14H2,1H3,(H,33,37)(H,30,32,34). The highest BCUT2D eigenvalue weighted by Gasteiger charge is 2.33. The number of aryl methyl sites for hydroxylation is 1. The van der Waals surface area contributed by atoms with Gasteiger partial charge in [-0.15, -0.1) is 0 Å². The molecule has 10 nitrogen and oxygen atoms in total. The molecule has 5 rings (SSSR count). The van der Waals surface area contributed by atoms with Gasteiger partial charge in [-0.2, -0.15) is 0 Å². The van der Waals surface area contributed by atoms with Crippen LogP contribution in [0, 0.1) is 12.7 Å². The molecule has 39 heavy (non-hydrogen) atoms. The first-order valence-electron chi connectivity index (χ1n) is 12.6. The number of anilines is 1. The average molecular weight is 555 g/mol. The van der Waals surface area contributed by atoms with Crippen molar-refractivity contribution in [2.45, 2.75) is 38.4 Å². The molecular formula is C27H28ClFN6O4. The molecule has 12 heteroatoms. The summed E-state index contributed by atoms with van der Waals surface area (Å²) in [7, 11) is 0. The van der Waals surface area contributed by atoms with Crippen molar-refractivity contribution in [1.29, 1.82) is 0 Å². The Morgan fingerprint density at radius 3 is 2.82 bits per heavy atom. The van der Waals surface area contributed by atoms with Gasteiger partial charge in [-0.25, -0.2) is 14.4 Å². The van der Waals surface area contributed by atoms with E-state index in [4.69, 9.17) is 16.3 Å². The van der Waals surface area contributed by atoms with Crippen LogP contribution in [-0.4, -0.2) is 69.2 Å². The van der Waals surface area contributed by atoms with Crippen molar-refractivity contribution in [2.24, 2.45) is 0 Å². The third kappa shape index (κ3) is 6.00. The Labute approximate surface area is 229 Å². The molecule has 1 aromatic carbocycles. The minimum absolute atomic E-state index is 0.0613. The normalized spacial score (nSPS) is 16.2. The molecule has 0 saturated carbocycles. The van der Waals surface area contributed by atoms with Gasteiger partial charge in [0.05, 0.1) is 41.8 Å². The molecule has 204 valence electrons. The maximum Gasteiger partial charge on any atom is 0.255 e. The topological polar surface area (TPSA) is 130 Å². The summed E-state index contributed by atoms with van der Waals surface area (Å²) in [4.78, 5) is 40.3. The van der Waals surface area contributed by atoms with Crippen molar-refractivity contribution in [3.63, 3.8) is 0 Å². The quantitative estimate of drug-likeness (QED) is 0.387. The molecule has 1 atom stereocenters. The molecule has 2 aliphatic rings. The Balaban J connectivity index is 1.31. The second-order valence-electron chi connectivity index (χ2n) is 9.57. The summed E-state index contributed by atoms with van der Waals surface area (Å²) in [5, 5.41) is 15.9. The Hall–Kier alpha value is -3.67. The van der Waals surface area contributed by atoms with Crippen molar-refractivity contribution in [2.75, 3.05) is 31.7 Å². The van der Waals surface area contributed by atoms with Crippen LogP contribution in [0.1, 0.15) is 46.2 Å². The highest BCUT2D eigenvalue weighted by atomic mass is 35.5. The summed E-state index contributed by atoms with van der Waals surface area (Å²) < 4.78 is 20.6. The van der Waals surface area contributed by atoms with Crippen LogP contribution in [0.2, 0.25) is 5.02 Å². The predicted molar refractivity (Wildman–Crippen MR) is 142 cm³/mol. The number of ether oxygens (including phenoxy) is 1. The summed E-state index contributed by atoms with van der Waals surface area (Å²) in [6.07, 6.45) is 3.07. The maximum atomic E-state index is 15.2. The van der Waals surface area contributed by atoms with Crippen LogP contribution < -0.4 is 10.6 Å². The minimum Gasteiger partial charge on any atom is -0.394 e. The van der Waals surface area contributed by atoms with Crippen molar-refractivity contribution in [1.82, 2.24) is 25.2 Å². The molecule has 0 bridgehead atoms. The first-order chi connectivity index (χ1) is 18.8. The highest BCUT2D eigenvalue weighted by molar-refractivity contribution is 6.33. The summed E-state index contributed by atoms with van der Waals surface area (Å²) in [5.74, 6) is -1.22. The Bertz CT molecular complexity index is 1400. The molecule has 2 amide bonds. The fraction of sp³-hybridized carbons (Fsp3) is 0.370. The van der Waals surface area contributed by atoms with E-state index in [-0.39, 0.29) is 41.9 Å². The number of carbonyl (C=O) groups is 2. The second kappa shape index (κ2) is 11.6.